The monoisotopic (exact) mass is 250 g/mol. The molecule has 2 heterocycles. The molecule has 0 spiro atoms. The zero-order valence-electron chi connectivity index (χ0n) is 8.96. The first-order valence-electron chi connectivity index (χ1n) is 4.65. The Morgan fingerprint density at radius 2 is 1.83 bits per heavy atom. The van der Waals surface area contributed by atoms with Gasteiger partial charge in [0.1, 0.15) is 11.4 Å². The number of aromatic carboxylic acids is 2. The minimum atomic E-state index is -1.51. The van der Waals surface area contributed by atoms with E-state index in [2.05, 4.69) is 20.2 Å². The zero-order valence-corrected chi connectivity index (χ0v) is 8.96. The number of nitrogens with one attached hydrogen (secondary N) is 1. The Morgan fingerprint density at radius 3 is 2.22 bits per heavy atom. The van der Waals surface area contributed by atoms with Crippen molar-refractivity contribution in [1.29, 1.82) is 0 Å². The highest BCUT2D eigenvalue weighted by Crippen LogP contribution is 2.25. The van der Waals surface area contributed by atoms with Crippen LogP contribution in [0.25, 0.3) is 5.57 Å². The van der Waals surface area contributed by atoms with E-state index in [4.69, 9.17) is 10.2 Å². The number of carbonyl (C=O) groups is 3. The number of H-pyrrole nitrogens is 1. The molecule has 0 unspecified atom stereocenters. The van der Waals surface area contributed by atoms with Crippen LogP contribution in [0, 0.1) is 0 Å². The maximum Gasteiger partial charge on any atom is 0.357 e. The van der Waals surface area contributed by atoms with E-state index in [0.29, 0.717) is 0 Å². The number of amides is 1. The fourth-order valence-electron chi connectivity index (χ4n) is 1.45. The van der Waals surface area contributed by atoms with E-state index in [9.17, 15) is 14.4 Å². The Morgan fingerprint density at radius 1 is 1.17 bits per heavy atom. The Bertz CT molecular complexity index is 608. The predicted octanol–water partition coefficient (Wildman–Crippen LogP) is 0.530. The number of carbonyl (C=O) groups excluding carboxylic acids is 1. The molecular weight excluding hydrogens is 244 g/mol. The molecule has 0 aliphatic carbocycles. The Hall–Kier alpha value is -2.84. The summed E-state index contributed by atoms with van der Waals surface area (Å²) in [6.45, 7) is 1.48. The molecule has 9 nitrogen and oxygen atoms in total. The number of aromatic amines is 1. The first kappa shape index (κ1) is 11.6. The zero-order chi connectivity index (χ0) is 13.4. The van der Waals surface area contributed by atoms with E-state index in [1.807, 2.05) is 0 Å². The van der Waals surface area contributed by atoms with Crippen molar-refractivity contribution in [3.63, 3.8) is 0 Å². The Kier molecular flexibility index (Phi) is 2.51. The molecule has 0 saturated carbocycles. The summed E-state index contributed by atoms with van der Waals surface area (Å²) >= 11 is 0. The third kappa shape index (κ3) is 1.67. The van der Waals surface area contributed by atoms with Crippen molar-refractivity contribution in [2.24, 2.45) is 10.2 Å². The summed E-state index contributed by atoms with van der Waals surface area (Å²) in [5, 5.41) is 24.4. The molecule has 0 bridgehead atoms. The smallest absolute Gasteiger partial charge is 0.357 e. The van der Waals surface area contributed by atoms with Gasteiger partial charge in [0, 0.05) is 0 Å². The summed E-state index contributed by atoms with van der Waals surface area (Å²) in [5.74, 6) is -3.86. The van der Waals surface area contributed by atoms with Gasteiger partial charge in [0.25, 0.3) is 0 Å². The summed E-state index contributed by atoms with van der Waals surface area (Å²) in [6, 6.07) is 0. The highest BCUT2D eigenvalue weighted by Gasteiger charge is 2.28. The SMILES string of the molecule is CC1=C(c2nc(C(=O)O)c(C(=O)O)[nH]2)C(=O)N=N1. The van der Waals surface area contributed by atoms with Gasteiger partial charge in [-0.2, -0.15) is 5.11 Å². The van der Waals surface area contributed by atoms with Crippen LogP contribution in [0.5, 0.6) is 0 Å². The van der Waals surface area contributed by atoms with Crippen molar-refractivity contribution in [3.8, 4) is 0 Å². The van der Waals surface area contributed by atoms with Crippen LogP contribution in [0.2, 0.25) is 0 Å². The number of carboxylic acid groups (broad SMARTS) is 2. The average Bonchev–Trinajstić information content (AvgIpc) is 2.83. The van der Waals surface area contributed by atoms with E-state index in [1.165, 1.54) is 6.92 Å². The average molecular weight is 250 g/mol. The van der Waals surface area contributed by atoms with Gasteiger partial charge in [-0.05, 0) is 6.92 Å². The second kappa shape index (κ2) is 3.87. The van der Waals surface area contributed by atoms with Gasteiger partial charge >= 0.3 is 17.8 Å². The quantitative estimate of drug-likeness (QED) is 0.713. The van der Waals surface area contributed by atoms with Gasteiger partial charge in [-0.3, -0.25) is 4.79 Å². The highest BCUT2D eigenvalue weighted by molar-refractivity contribution is 6.21. The maximum atomic E-state index is 11.4. The minimum absolute atomic E-state index is 0.0370. The van der Waals surface area contributed by atoms with Crippen LogP contribution in [0.3, 0.4) is 0 Å². The van der Waals surface area contributed by atoms with Crippen LogP contribution in [-0.4, -0.2) is 38.0 Å². The number of aromatic nitrogens is 2. The molecule has 0 aromatic carbocycles. The molecule has 0 radical (unpaired) electrons. The number of rotatable bonds is 3. The van der Waals surface area contributed by atoms with Gasteiger partial charge in [0.2, 0.25) is 0 Å². The third-order valence-corrected chi connectivity index (χ3v) is 2.22. The van der Waals surface area contributed by atoms with Crippen LogP contribution in [-0.2, 0) is 4.79 Å². The first-order valence-corrected chi connectivity index (χ1v) is 4.65. The van der Waals surface area contributed by atoms with Crippen LogP contribution >= 0.6 is 0 Å². The molecule has 18 heavy (non-hydrogen) atoms. The van der Waals surface area contributed by atoms with Crippen LogP contribution < -0.4 is 0 Å². The lowest BCUT2D eigenvalue weighted by Gasteiger charge is -1.93. The summed E-state index contributed by atoms with van der Waals surface area (Å²) in [7, 11) is 0. The van der Waals surface area contributed by atoms with E-state index in [1.54, 1.807) is 0 Å². The molecule has 1 aromatic heterocycles. The van der Waals surface area contributed by atoms with Crippen LogP contribution in [0.15, 0.2) is 15.9 Å². The number of imidazole rings is 1. The summed E-state index contributed by atoms with van der Waals surface area (Å²) in [6.07, 6.45) is 0. The second-order valence-corrected chi connectivity index (χ2v) is 3.38. The molecule has 0 atom stereocenters. The highest BCUT2D eigenvalue weighted by atomic mass is 16.4. The number of hydrogen-bond acceptors (Lipinski definition) is 5. The topological polar surface area (TPSA) is 145 Å². The van der Waals surface area contributed by atoms with E-state index in [0.717, 1.165) is 0 Å². The van der Waals surface area contributed by atoms with E-state index >= 15 is 0 Å². The van der Waals surface area contributed by atoms with Crippen LogP contribution in [0.4, 0.5) is 0 Å². The molecule has 1 aliphatic heterocycles. The van der Waals surface area contributed by atoms with E-state index in [-0.39, 0.29) is 17.1 Å². The Balaban J connectivity index is 2.59. The van der Waals surface area contributed by atoms with Gasteiger partial charge < -0.3 is 15.2 Å². The molecule has 0 saturated heterocycles. The maximum absolute atomic E-state index is 11.4. The van der Waals surface area contributed by atoms with Gasteiger partial charge in [0.05, 0.1) is 5.70 Å². The van der Waals surface area contributed by atoms with E-state index < -0.39 is 29.2 Å². The van der Waals surface area contributed by atoms with Crippen molar-refractivity contribution in [2.45, 2.75) is 6.92 Å². The van der Waals surface area contributed by atoms with Crippen molar-refractivity contribution < 1.29 is 24.6 Å². The van der Waals surface area contributed by atoms with Crippen molar-refractivity contribution in [2.75, 3.05) is 0 Å². The Labute approximate surface area is 98.9 Å². The van der Waals surface area contributed by atoms with Crippen molar-refractivity contribution in [3.05, 3.63) is 22.9 Å². The number of hydrogen-bond donors (Lipinski definition) is 3. The molecule has 1 aliphatic rings. The molecule has 9 heteroatoms. The van der Waals surface area contributed by atoms with Crippen LogP contribution in [0.1, 0.15) is 33.7 Å². The second-order valence-electron chi connectivity index (χ2n) is 3.38. The molecular formula is C9H6N4O5. The lowest BCUT2D eigenvalue weighted by molar-refractivity contribution is -0.112. The number of azo groups is 1. The largest absolute Gasteiger partial charge is 0.477 e. The molecule has 92 valence electrons. The summed E-state index contributed by atoms with van der Waals surface area (Å²) in [5.41, 5.74) is -1.07. The number of allylic oxidation sites excluding steroid dienone is 1. The molecule has 1 aromatic rings. The molecule has 3 N–H and O–H groups in total. The fraction of sp³-hybridized carbons (Fsp3) is 0.111. The lowest BCUT2D eigenvalue weighted by atomic mass is 10.2. The standard InChI is InChI=1S/C9H6N4O5/c1-2-3(7(14)13-12-2)6-10-4(8(15)16)5(11-6)9(17)18/h1H3,(H,10,11)(H,15,16)(H,17,18). The van der Waals surface area contributed by atoms with Crippen molar-refractivity contribution >= 4 is 23.4 Å². The summed E-state index contributed by atoms with van der Waals surface area (Å²) < 4.78 is 0. The molecule has 1 amide bonds. The van der Waals surface area contributed by atoms with Crippen molar-refractivity contribution in [1.82, 2.24) is 9.97 Å². The molecule has 2 rings (SSSR count). The number of carboxylic acids is 2. The fourth-order valence-corrected chi connectivity index (χ4v) is 1.45. The normalized spacial score (nSPS) is 14.4. The van der Waals surface area contributed by atoms with Gasteiger partial charge in [-0.25, -0.2) is 14.6 Å². The first-order chi connectivity index (χ1) is 8.41. The number of nitrogens with zero attached hydrogens (tertiary/aromatic N) is 3. The predicted molar refractivity (Wildman–Crippen MR) is 55.0 cm³/mol. The summed E-state index contributed by atoms with van der Waals surface area (Å²) in [4.78, 5) is 38.9. The minimum Gasteiger partial charge on any atom is -0.477 e. The third-order valence-electron chi connectivity index (χ3n) is 2.22. The van der Waals surface area contributed by atoms with Gasteiger partial charge in [-0.1, -0.05) is 0 Å². The van der Waals surface area contributed by atoms with Gasteiger partial charge in [-0.15, -0.1) is 5.11 Å². The molecule has 0 fully saturated rings. The van der Waals surface area contributed by atoms with Gasteiger partial charge in [0.15, 0.2) is 11.4 Å². The lowest BCUT2D eigenvalue weighted by Crippen LogP contribution is -2.07.